The summed E-state index contributed by atoms with van der Waals surface area (Å²) in [6.07, 6.45) is 3.20. The van der Waals surface area contributed by atoms with Crippen molar-refractivity contribution in [3.8, 4) is 0 Å². The van der Waals surface area contributed by atoms with E-state index in [9.17, 15) is 29.8 Å². The molecule has 2 bridgehead atoms. The molecule has 2 aliphatic rings. The van der Waals surface area contributed by atoms with Crippen LogP contribution in [0.2, 0.25) is 0 Å². The number of hydrogen-bond donors (Lipinski definition) is 0. The predicted octanol–water partition coefficient (Wildman–Crippen LogP) is 2.16. The summed E-state index contributed by atoms with van der Waals surface area (Å²) in [4.78, 5) is 50.4. The van der Waals surface area contributed by atoms with Crippen LogP contribution >= 0.6 is 0 Å². The highest BCUT2D eigenvalue weighted by molar-refractivity contribution is 6.01. The average molecular weight is 401 g/mol. The number of benzene rings is 1. The van der Waals surface area contributed by atoms with E-state index >= 15 is 0 Å². The lowest BCUT2D eigenvalue weighted by Crippen LogP contribution is -2.75. The first kappa shape index (κ1) is 20.8. The van der Waals surface area contributed by atoms with Crippen molar-refractivity contribution in [2.45, 2.75) is 37.3 Å². The zero-order valence-electron chi connectivity index (χ0n) is 16.2. The first-order valence-electron chi connectivity index (χ1n) is 9.61. The average Bonchev–Trinajstić information content (AvgIpc) is 2.70. The van der Waals surface area contributed by atoms with E-state index in [4.69, 9.17) is 0 Å². The molecule has 0 amide bonds. The Kier molecular flexibility index (Phi) is 5.61. The van der Waals surface area contributed by atoms with E-state index in [1.165, 1.54) is 0 Å². The molecule has 1 aliphatic carbocycles. The maximum atomic E-state index is 12.8. The number of unbranched alkanes of at least 4 members (excludes halogenated alkanes) is 1. The summed E-state index contributed by atoms with van der Waals surface area (Å²) in [6, 6.07) is 8.15. The van der Waals surface area contributed by atoms with Gasteiger partial charge in [0, 0.05) is 21.8 Å². The molecule has 1 aliphatic heterocycles. The second-order valence-corrected chi connectivity index (χ2v) is 7.74. The molecule has 9 nitrogen and oxygen atoms in total. The van der Waals surface area contributed by atoms with E-state index in [0.29, 0.717) is 18.5 Å². The second-order valence-electron chi connectivity index (χ2n) is 7.74. The minimum absolute atomic E-state index is 0.0634. The van der Waals surface area contributed by atoms with E-state index in [-0.39, 0.29) is 13.1 Å². The Balaban J connectivity index is 2.09. The Morgan fingerprint density at radius 2 is 1.86 bits per heavy atom. The normalized spacial score (nSPS) is 28.9. The van der Waals surface area contributed by atoms with Gasteiger partial charge in [0.1, 0.15) is 5.92 Å². The van der Waals surface area contributed by atoms with Gasteiger partial charge in [-0.3, -0.25) is 34.7 Å². The van der Waals surface area contributed by atoms with Gasteiger partial charge in [0.25, 0.3) is 5.54 Å². The van der Waals surface area contributed by atoms with E-state index in [1.54, 1.807) is 35.2 Å². The van der Waals surface area contributed by atoms with Crippen molar-refractivity contribution in [1.82, 2.24) is 4.90 Å². The molecule has 0 N–H and O–H groups in total. The van der Waals surface area contributed by atoms with Crippen LogP contribution in [0.3, 0.4) is 0 Å². The molecule has 1 heterocycles. The molecule has 0 spiro atoms. The number of carbonyl (C=O) groups is 2. The topological polar surface area (TPSA) is 124 Å². The number of ketones is 2. The molecule has 0 aromatic heterocycles. The largest absolute Gasteiger partial charge is 0.305 e. The Labute approximate surface area is 167 Å². The quantitative estimate of drug-likeness (QED) is 0.371. The molecular weight excluding hydrogens is 378 g/mol. The molecule has 154 valence electrons. The van der Waals surface area contributed by atoms with Crippen LogP contribution in [0.1, 0.15) is 36.5 Å². The number of nitrogens with zero attached hydrogens (tertiary/aromatic N) is 3. The lowest BCUT2D eigenvalue weighted by molar-refractivity contribution is -0.623. The molecule has 1 saturated heterocycles. The van der Waals surface area contributed by atoms with Gasteiger partial charge in [-0.15, -0.1) is 0 Å². The Morgan fingerprint density at radius 1 is 1.17 bits per heavy atom. The fourth-order valence-electron chi connectivity index (χ4n) is 4.51. The summed E-state index contributed by atoms with van der Waals surface area (Å²) >= 11 is 0. The highest BCUT2D eigenvalue weighted by atomic mass is 16.6. The number of fused-ring (bicyclic) bond motifs is 2. The Morgan fingerprint density at radius 3 is 2.45 bits per heavy atom. The molecule has 1 fully saturated rings. The van der Waals surface area contributed by atoms with Gasteiger partial charge in [-0.1, -0.05) is 43.7 Å². The van der Waals surface area contributed by atoms with Gasteiger partial charge in [-0.2, -0.15) is 0 Å². The van der Waals surface area contributed by atoms with Gasteiger partial charge in [-0.25, -0.2) is 0 Å². The zero-order valence-corrected chi connectivity index (χ0v) is 16.2. The van der Waals surface area contributed by atoms with Crippen molar-refractivity contribution >= 4 is 11.6 Å². The zero-order chi connectivity index (χ0) is 21.2. The molecule has 3 rings (SSSR count). The van der Waals surface area contributed by atoms with Crippen LogP contribution < -0.4 is 0 Å². The molecule has 3 atom stereocenters. The van der Waals surface area contributed by atoms with Crippen LogP contribution in [0, 0.1) is 26.1 Å². The number of carbonyl (C=O) groups excluding carboxylic acids is 2. The molecule has 9 heteroatoms. The number of piperidine rings is 1. The molecular formula is C20H23N3O6. The predicted molar refractivity (Wildman–Crippen MR) is 104 cm³/mol. The van der Waals surface area contributed by atoms with Crippen molar-refractivity contribution in [3.05, 3.63) is 68.3 Å². The van der Waals surface area contributed by atoms with Crippen molar-refractivity contribution in [3.63, 3.8) is 0 Å². The lowest BCUT2D eigenvalue weighted by Gasteiger charge is -2.48. The van der Waals surface area contributed by atoms with Gasteiger partial charge < -0.3 is 0 Å². The van der Waals surface area contributed by atoms with Gasteiger partial charge in [-0.05, 0) is 25.1 Å². The van der Waals surface area contributed by atoms with Crippen LogP contribution in [0.15, 0.2) is 42.5 Å². The second kappa shape index (κ2) is 7.82. The Hall–Kier alpha value is -2.94. The van der Waals surface area contributed by atoms with Crippen LogP contribution in [0.5, 0.6) is 0 Å². The number of Topliss-reactive ketones (excluding diaryl/α,β-unsaturated/α-hetero) is 1. The first-order chi connectivity index (χ1) is 13.8. The van der Waals surface area contributed by atoms with Crippen molar-refractivity contribution in [2.24, 2.45) is 5.92 Å². The molecule has 1 aromatic rings. The number of nitro groups is 2. The van der Waals surface area contributed by atoms with Gasteiger partial charge in [0.05, 0.1) is 13.1 Å². The minimum Gasteiger partial charge on any atom is -0.294 e. The maximum Gasteiger partial charge on any atom is 0.305 e. The summed E-state index contributed by atoms with van der Waals surface area (Å²) < 4.78 is 0. The summed E-state index contributed by atoms with van der Waals surface area (Å²) in [5.74, 6) is -2.59. The molecule has 0 unspecified atom stereocenters. The summed E-state index contributed by atoms with van der Waals surface area (Å²) in [6.45, 7) is 2.07. The van der Waals surface area contributed by atoms with Crippen LogP contribution in [0.4, 0.5) is 0 Å². The van der Waals surface area contributed by atoms with Gasteiger partial charge in [0.2, 0.25) is 5.78 Å². The molecule has 0 radical (unpaired) electrons. The van der Waals surface area contributed by atoms with Crippen molar-refractivity contribution in [1.29, 1.82) is 0 Å². The summed E-state index contributed by atoms with van der Waals surface area (Å²) in [5.41, 5.74) is -3.76. The van der Waals surface area contributed by atoms with E-state index in [1.807, 2.05) is 6.92 Å². The summed E-state index contributed by atoms with van der Waals surface area (Å²) in [5, 5.41) is 24.4. The first-order valence-corrected chi connectivity index (χ1v) is 9.61. The lowest BCUT2D eigenvalue weighted by atomic mass is 9.60. The van der Waals surface area contributed by atoms with E-state index in [2.05, 4.69) is 0 Å². The maximum absolute atomic E-state index is 12.8. The third-order valence-electron chi connectivity index (χ3n) is 6.05. The standard InChI is InChI=1S/C20H23N3O6/c1-2-3-11-21-13-19(22(26)27)10-9-18(25)20(14-21,23(28)29)17(19)12-16(24)15-7-5-4-6-8-15/h4-10,17H,2-3,11-14H2,1H3/t17-,19-,20-/m1/s1. The van der Waals surface area contributed by atoms with Crippen molar-refractivity contribution < 1.29 is 19.4 Å². The van der Waals surface area contributed by atoms with E-state index < -0.39 is 44.8 Å². The SMILES string of the molecule is CCCCN1C[C@]2([N+](=O)[O-])C(=O)C=C[C@@]([N+](=O)[O-])(C1)[C@H]2CC(=O)c1ccccc1. The van der Waals surface area contributed by atoms with Crippen molar-refractivity contribution in [2.75, 3.05) is 19.6 Å². The number of hydrogen-bond acceptors (Lipinski definition) is 7. The van der Waals surface area contributed by atoms with E-state index in [0.717, 1.165) is 18.6 Å². The number of rotatable bonds is 8. The summed E-state index contributed by atoms with van der Waals surface area (Å²) in [7, 11) is 0. The third-order valence-corrected chi connectivity index (χ3v) is 6.05. The van der Waals surface area contributed by atoms with Gasteiger partial charge in [0.15, 0.2) is 5.78 Å². The molecule has 0 saturated carbocycles. The van der Waals surface area contributed by atoms with Crippen LogP contribution in [-0.2, 0) is 4.79 Å². The minimum atomic E-state index is -2.21. The number of likely N-dealkylation sites (tertiary alicyclic amines) is 1. The molecule has 29 heavy (non-hydrogen) atoms. The third kappa shape index (κ3) is 3.35. The highest BCUT2D eigenvalue weighted by Crippen LogP contribution is 2.46. The Bertz CT molecular complexity index is 870. The van der Waals surface area contributed by atoms with Crippen LogP contribution in [-0.4, -0.2) is 57.0 Å². The highest BCUT2D eigenvalue weighted by Gasteiger charge is 2.74. The fraction of sp³-hybridized carbons (Fsp3) is 0.500. The smallest absolute Gasteiger partial charge is 0.294 e. The van der Waals surface area contributed by atoms with Gasteiger partial charge >= 0.3 is 5.54 Å². The van der Waals surface area contributed by atoms with Crippen LogP contribution in [0.25, 0.3) is 0 Å². The fourth-order valence-corrected chi connectivity index (χ4v) is 4.51. The molecule has 1 aromatic carbocycles. The monoisotopic (exact) mass is 401 g/mol.